The van der Waals surface area contributed by atoms with Crippen molar-refractivity contribution >= 4 is 23.4 Å². The number of aryl methyl sites for hydroxylation is 1. The number of nitrogens with one attached hydrogen (secondary N) is 3. The van der Waals surface area contributed by atoms with E-state index in [0.29, 0.717) is 23.5 Å². The number of aromatic amines is 1. The van der Waals surface area contributed by atoms with Gasteiger partial charge < -0.3 is 5.32 Å². The van der Waals surface area contributed by atoms with E-state index in [4.69, 9.17) is 0 Å². The van der Waals surface area contributed by atoms with Crippen molar-refractivity contribution < 1.29 is 14.4 Å². The molecule has 21 heavy (non-hydrogen) atoms. The predicted octanol–water partition coefficient (Wildman–Crippen LogP) is 0.503. The molecule has 8 nitrogen and oxygen atoms in total. The number of aromatic nitrogens is 3. The summed E-state index contributed by atoms with van der Waals surface area (Å²) in [7, 11) is 0. The molecule has 0 saturated heterocycles. The number of fused-ring (bicyclic) bond motifs is 1. The zero-order valence-corrected chi connectivity index (χ0v) is 11.1. The van der Waals surface area contributed by atoms with Crippen LogP contribution in [0.4, 0.5) is 5.69 Å². The third-order valence-corrected chi connectivity index (χ3v) is 3.06. The first-order chi connectivity index (χ1) is 10.1. The Kier molecular flexibility index (Phi) is 2.98. The van der Waals surface area contributed by atoms with E-state index in [2.05, 4.69) is 25.8 Å². The largest absolute Gasteiger partial charge is 0.319 e. The van der Waals surface area contributed by atoms with Crippen LogP contribution in [0, 0.1) is 0 Å². The molecular formula is C13H11N5O3. The van der Waals surface area contributed by atoms with Crippen LogP contribution in [0.15, 0.2) is 18.2 Å². The van der Waals surface area contributed by atoms with Crippen molar-refractivity contribution in [2.24, 2.45) is 0 Å². The van der Waals surface area contributed by atoms with E-state index in [1.54, 1.807) is 6.07 Å². The molecule has 0 saturated carbocycles. The number of H-pyrrole nitrogens is 1. The lowest BCUT2D eigenvalue weighted by molar-refractivity contribution is 0.0878. The van der Waals surface area contributed by atoms with Crippen molar-refractivity contribution in [2.75, 3.05) is 5.32 Å². The second-order valence-electron chi connectivity index (χ2n) is 4.46. The second-order valence-corrected chi connectivity index (χ2v) is 4.46. The van der Waals surface area contributed by atoms with Crippen LogP contribution in [0.2, 0.25) is 0 Å². The molecule has 0 aliphatic carbocycles. The van der Waals surface area contributed by atoms with Gasteiger partial charge in [0.2, 0.25) is 5.82 Å². The molecule has 0 bridgehead atoms. The summed E-state index contributed by atoms with van der Waals surface area (Å²) >= 11 is 0. The van der Waals surface area contributed by atoms with E-state index < -0.39 is 17.7 Å². The Hall–Kier alpha value is -3.03. The average molecular weight is 285 g/mol. The molecule has 1 aromatic carbocycles. The van der Waals surface area contributed by atoms with Crippen molar-refractivity contribution in [1.82, 2.24) is 20.5 Å². The Bertz CT molecular complexity index is 765. The number of hydrogen-bond acceptors (Lipinski definition) is 5. The standard InChI is InChI=1S/C13H11N5O3/c1-2-9-15-10(18-17-9)13(21)14-6-3-4-7-8(5-6)12(20)16-11(7)19/h3-5H,2H2,1H3,(H,14,21)(H,15,17,18)(H,16,19,20). The molecule has 0 atom stereocenters. The number of hydrogen-bond donors (Lipinski definition) is 3. The van der Waals surface area contributed by atoms with Gasteiger partial charge in [-0.05, 0) is 18.2 Å². The second kappa shape index (κ2) is 4.82. The predicted molar refractivity (Wildman–Crippen MR) is 72.0 cm³/mol. The monoisotopic (exact) mass is 285 g/mol. The molecule has 1 aromatic heterocycles. The van der Waals surface area contributed by atoms with E-state index in [0.717, 1.165) is 0 Å². The van der Waals surface area contributed by atoms with Crippen LogP contribution in [0.5, 0.6) is 0 Å². The third kappa shape index (κ3) is 2.27. The number of carbonyl (C=O) groups is 3. The maximum Gasteiger partial charge on any atom is 0.295 e. The first kappa shape index (κ1) is 13.0. The number of amides is 3. The molecule has 0 fully saturated rings. The summed E-state index contributed by atoms with van der Waals surface area (Å²) in [6, 6.07) is 4.48. The van der Waals surface area contributed by atoms with Gasteiger partial charge in [0.15, 0.2) is 0 Å². The molecule has 0 unspecified atom stereocenters. The summed E-state index contributed by atoms with van der Waals surface area (Å²) in [4.78, 5) is 39.0. The highest BCUT2D eigenvalue weighted by atomic mass is 16.2. The van der Waals surface area contributed by atoms with E-state index >= 15 is 0 Å². The maximum atomic E-state index is 12.0. The topological polar surface area (TPSA) is 117 Å². The Morgan fingerprint density at radius 1 is 1.24 bits per heavy atom. The number of nitrogens with zero attached hydrogens (tertiary/aromatic N) is 2. The molecule has 8 heteroatoms. The number of benzene rings is 1. The van der Waals surface area contributed by atoms with E-state index in [-0.39, 0.29) is 11.4 Å². The lowest BCUT2D eigenvalue weighted by Gasteiger charge is -2.03. The first-order valence-electron chi connectivity index (χ1n) is 6.31. The Labute approximate surface area is 119 Å². The third-order valence-electron chi connectivity index (χ3n) is 3.06. The Balaban J connectivity index is 1.82. The smallest absolute Gasteiger partial charge is 0.295 e. The average Bonchev–Trinajstić information content (AvgIpc) is 3.05. The maximum absolute atomic E-state index is 12.0. The molecule has 106 valence electrons. The molecule has 0 spiro atoms. The van der Waals surface area contributed by atoms with Crippen molar-refractivity contribution in [1.29, 1.82) is 0 Å². The van der Waals surface area contributed by atoms with Crippen molar-refractivity contribution in [3.63, 3.8) is 0 Å². The molecule has 1 aliphatic rings. The lowest BCUT2D eigenvalue weighted by atomic mass is 10.1. The summed E-state index contributed by atoms with van der Waals surface area (Å²) < 4.78 is 0. The fraction of sp³-hybridized carbons (Fsp3) is 0.154. The highest BCUT2D eigenvalue weighted by Crippen LogP contribution is 2.20. The van der Waals surface area contributed by atoms with Gasteiger partial charge in [0.1, 0.15) is 5.82 Å². The van der Waals surface area contributed by atoms with Crippen LogP contribution in [0.3, 0.4) is 0 Å². The normalized spacial score (nSPS) is 13.0. The zero-order valence-electron chi connectivity index (χ0n) is 11.1. The SMILES string of the molecule is CCc1nc(C(=O)Nc2ccc3c(c2)C(=O)NC3=O)n[nH]1. The van der Waals surface area contributed by atoms with Crippen molar-refractivity contribution in [3.8, 4) is 0 Å². The van der Waals surface area contributed by atoms with Gasteiger partial charge in [0.05, 0.1) is 11.1 Å². The Morgan fingerprint density at radius 2 is 2.00 bits per heavy atom. The van der Waals surface area contributed by atoms with Gasteiger partial charge in [-0.15, -0.1) is 5.10 Å². The number of imide groups is 1. The van der Waals surface area contributed by atoms with E-state index in [1.807, 2.05) is 6.92 Å². The van der Waals surface area contributed by atoms with Gasteiger partial charge in [-0.1, -0.05) is 6.92 Å². The molecular weight excluding hydrogens is 274 g/mol. The summed E-state index contributed by atoms with van der Waals surface area (Å²) in [6.07, 6.45) is 0.640. The number of carbonyl (C=O) groups excluding carboxylic acids is 3. The van der Waals surface area contributed by atoms with Crippen LogP contribution in [0.25, 0.3) is 0 Å². The fourth-order valence-corrected chi connectivity index (χ4v) is 1.99. The molecule has 1 aliphatic heterocycles. The lowest BCUT2D eigenvalue weighted by Crippen LogP contribution is -2.19. The number of anilines is 1. The minimum atomic E-state index is -0.490. The quantitative estimate of drug-likeness (QED) is 0.710. The first-order valence-corrected chi connectivity index (χ1v) is 6.31. The van der Waals surface area contributed by atoms with Gasteiger partial charge in [-0.2, -0.15) is 0 Å². The zero-order chi connectivity index (χ0) is 15.0. The highest BCUT2D eigenvalue weighted by Gasteiger charge is 2.27. The van der Waals surface area contributed by atoms with Crippen LogP contribution in [-0.4, -0.2) is 32.9 Å². The van der Waals surface area contributed by atoms with Gasteiger partial charge >= 0.3 is 0 Å². The van der Waals surface area contributed by atoms with Crippen LogP contribution in [-0.2, 0) is 6.42 Å². The molecule has 2 heterocycles. The van der Waals surface area contributed by atoms with Crippen molar-refractivity contribution in [2.45, 2.75) is 13.3 Å². The molecule has 3 amide bonds. The minimum Gasteiger partial charge on any atom is -0.319 e. The molecule has 2 aromatic rings. The highest BCUT2D eigenvalue weighted by molar-refractivity contribution is 6.22. The van der Waals surface area contributed by atoms with Gasteiger partial charge in [0.25, 0.3) is 17.7 Å². The minimum absolute atomic E-state index is 0.0212. The summed E-state index contributed by atoms with van der Waals surface area (Å²) in [5.41, 5.74) is 0.928. The molecule has 3 N–H and O–H groups in total. The van der Waals surface area contributed by atoms with Crippen LogP contribution >= 0.6 is 0 Å². The summed E-state index contributed by atoms with van der Waals surface area (Å²) in [6.45, 7) is 1.89. The van der Waals surface area contributed by atoms with Crippen molar-refractivity contribution in [3.05, 3.63) is 41.0 Å². The van der Waals surface area contributed by atoms with Crippen LogP contribution < -0.4 is 10.6 Å². The van der Waals surface area contributed by atoms with E-state index in [9.17, 15) is 14.4 Å². The van der Waals surface area contributed by atoms with Gasteiger partial charge in [-0.3, -0.25) is 24.8 Å². The van der Waals surface area contributed by atoms with Gasteiger partial charge in [0, 0.05) is 12.1 Å². The summed E-state index contributed by atoms with van der Waals surface area (Å²) in [5.74, 6) is -0.769. The molecule has 0 radical (unpaired) electrons. The van der Waals surface area contributed by atoms with Gasteiger partial charge in [-0.25, -0.2) is 4.98 Å². The summed E-state index contributed by atoms with van der Waals surface area (Å²) in [5, 5.41) is 11.2. The molecule has 3 rings (SSSR count). The Morgan fingerprint density at radius 3 is 2.71 bits per heavy atom. The fourth-order valence-electron chi connectivity index (χ4n) is 1.99. The van der Waals surface area contributed by atoms with E-state index in [1.165, 1.54) is 12.1 Å². The number of rotatable bonds is 3. The van der Waals surface area contributed by atoms with Crippen LogP contribution in [0.1, 0.15) is 44.1 Å².